The third kappa shape index (κ3) is 3.74. The minimum atomic E-state index is -0.405. The second kappa shape index (κ2) is 7.75. The molecule has 3 heterocycles. The van der Waals surface area contributed by atoms with Gasteiger partial charge in [-0.05, 0) is 48.5 Å². The van der Waals surface area contributed by atoms with Gasteiger partial charge in [0.15, 0.2) is 0 Å². The van der Waals surface area contributed by atoms with Crippen molar-refractivity contribution >= 4 is 33.7 Å². The highest BCUT2D eigenvalue weighted by Crippen LogP contribution is 2.24. The minimum Gasteiger partial charge on any atom is -0.457 e. The molecule has 3 aromatic heterocycles. The minimum absolute atomic E-state index is 0.133. The Kier molecular flexibility index (Phi) is 4.64. The van der Waals surface area contributed by atoms with Crippen LogP contribution in [-0.2, 0) is 11.3 Å². The first kappa shape index (κ1) is 18.6. The van der Waals surface area contributed by atoms with E-state index in [1.165, 1.54) is 10.9 Å². The maximum atomic E-state index is 12.7. The molecule has 2 aromatic carbocycles. The zero-order chi connectivity index (χ0) is 21.2. The topological polar surface area (TPSA) is 99.2 Å². The molecule has 8 heteroatoms. The van der Waals surface area contributed by atoms with Crippen molar-refractivity contribution in [2.45, 2.75) is 6.54 Å². The number of aromatic nitrogens is 3. The van der Waals surface area contributed by atoms with E-state index in [9.17, 15) is 9.59 Å². The Morgan fingerprint density at radius 3 is 2.55 bits per heavy atom. The van der Waals surface area contributed by atoms with Crippen molar-refractivity contribution in [1.29, 1.82) is 0 Å². The third-order valence-corrected chi connectivity index (χ3v) is 4.69. The normalized spacial score (nSPS) is 11.0. The average Bonchev–Trinajstić information content (AvgIpc) is 3.17. The van der Waals surface area contributed by atoms with Gasteiger partial charge in [0.2, 0.25) is 11.5 Å². The first-order chi connectivity index (χ1) is 15.2. The second-order valence-electron chi connectivity index (χ2n) is 6.81. The highest BCUT2D eigenvalue weighted by atomic mass is 16.5. The van der Waals surface area contributed by atoms with Gasteiger partial charge in [0.1, 0.15) is 29.1 Å². The zero-order valence-corrected chi connectivity index (χ0v) is 16.2. The third-order valence-electron chi connectivity index (χ3n) is 4.69. The average molecular weight is 412 g/mol. The molecule has 0 atom stereocenters. The molecule has 0 aliphatic carbocycles. The van der Waals surface area contributed by atoms with Gasteiger partial charge in [-0.25, -0.2) is 4.98 Å². The van der Waals surface area contributed by atoms with E-state index in [1.807, 2.05) is 18.2 Å². The van der Waals surface area contributed by atoms with Gasteiger partial charge in [-0.3, -0.25) is 19.1 Å². The number of furan rings is 1. The molecule has 0 aliphatic rings. The maximum absolute atomic E-state index is 12.7. The molecule has 31 heavy (non-hydrogen) atoms. The summed E-state index contributed by atoms with van der Waals surface area (Å²) in [6.45, 7) is -0.186. The number of para-hydroxylation sites is 1. The highest BCUT2D eigenvalue weighted by molar-refractivity contribution is 6.01. The van der Waals surface area contributed by atoms with Crippen LogP contribution in [0.2, 0.25) is 0 Å². The summed E-state index contributed by atoms with van der Waals surface area (Å²) < 4.78 is 12.6. The van der Waals surface area contributed by atoms with Crippen molar-refractivity contribution < 1.29 is 13.9 Å². The number of carbonyl (C=O) groups excluding carboxylic acids is 1. The number of amides is 1. The molecule has 1 amide bonds. The van der Waals surface area contributed by atoms with Crippen LogP contribution in [0.25, 0.3) is 22.1 Å². The van der Waals surface area contributed by atoms with Crippen LogP contribution in [0.1, 0.15) is 0 Å². The molecule has 0 unspecified atom stereocenters. The summed E-state index contributed by atoms with van der Waals surface area (Å²) in [4.78, 5) is 33.4. The van der Waals surface area contributed by atoms with E-state index >= 15 is 0 Å². The van der Waals surface area contributed by atoms with E-state index in [0.29, 0.717) is 28.3 Å². The van der Waals surface area contributed by atoms with E-state index in [-0.39, 0.29) is 18.0 Å². The summed E-state index contributed by atoms with van der Waals surface area (Å²) in [5.74, 6) is 0.932. The van der Waals surface area contributed by atoms with Crippen molar-refractivity contribution in [2.24, 2.45) is 0 Å². The summed E-state index contributed by atoms with van der Waals surface area (Å²) >= 11 is 0. The monoisotopic (exact) mass is 412 g/mol. The molecule has 0 fully saturated rings. The molecule has 0 spiro atoms. The van der Waals surface area contributed by atoms with E-state index in [0.717, 1.165) is 5.39 Å². The van der Waals surface area contributed by atoms with Crippen molar-refractivity contribution in [2.75, 3.05) is 5.32 Å². The van der Waals surface area contributed by atoms with Crippen molar-refractivity contribution in [3.05, 3.63) is 89.7 Å². The molecule has 0 saturated carbocycles. The SMILES string of the molecule is O=C(Cn1cnc2c(oc3ccccc32)c1=O)Nc1ccc(Oc2ccncc2)cc1. The largest absolute Gasteiger partial charge is 0.457 e. The van der Waals surface area contributed by atoms with Gasteiger partial charge >= 0.3 is 0 Å². The number of carbonyl (C=O) groups is 1. The Morgan fingerprint density at radius 1 is 1.00 bits per heavy atom. The quantitative estimate of drug-likeness (QED) is 0.469. The molecule has 1 N–H and O–H groups in total. The number of rotatable bonds is 5. The Hall–Kier alpha value is -4.46. The first-order valence-corrected chi connectivity index (χ1v) is 9.52. The Morgan fingerprint density at radius 2 is 1.74 bits per heavy atom. The molecule has 5 rings (SSSR count). The van der Waals surface area contributed by atoms with Crippen molar-refractivity contribution in [3.63, 3.8) is 0 Å². The lowest BCUT2D eigenvalue weighted by Crippen LogP contribution is -2.27. The number of ether oxygens (including phenoxy) is 1. The fourth-order valence-electron chi connectivity index (χ4n) is 3.23. The second-order valence-corrected chi connectivity index (χ2v) is 6.81. The predicted molar refractivity (Wildman–Crippen MR) is 115 cm³/mol. The van der Waals surface area contributed by atoms with Gasteiger partial charge in [0.25, 0.3) is 5.56 Å². The molecule has 0 saturated heterocycles. The van der Waals surface area contributed by atoms with Crippen LogP contribution >= 0.6 is 0 Å². The van der Waals surface area contributed by atoms with Crippen molar-refractivity contribution in [3.8, 4) is 11.5 Å². The molecular formula is C23H16N4O4. The highest BCUT2D eigenvalue weighted by Gasteiger charge is 2.14. The summed E-state index contributed by atoms with van der Waals surface area (Å²) in [6, 6.07) is 17.7. The Balaban J connectivity index is 1.30. The first-order valence-electron chi connectivity index (χ1n) is 9.52. The smallest absolute Gasteiger partial charge is 0.297 e. The molecule has 5 aromatic rings. The molecule has 0 bridgehead atoms. The number of benzene rings is 2. The van der Waals surface area contributed by atoms with E-state index in [1.54, 1.807) is 54.9 Å². The van der Waals surface area contributed by atoms with E-state index < -0.39 is 5.56 Å². The number of anilines is 1. The summed E-state index contributed by atoms with van der Waals surface area (Å²) in [5.41, 5.74) is 1.38. The van der Waals surface area contributed by atoms with Gasteiger partial charge in [-0.1, -0.05) is 12.1 Å². The standard InChI is InChI=1S/C23H16N4O4/c28-20(26-15-5-7-16(8-6-15)30-17-9-11-24-12-10-17)13-27-14-25-21-18-3-1-2-4-19(18)31-22(21)23(27)29/h1-12,14H,13H2,(H,26,28). The predicted octanol–water partition coefficient (Wildman–Crippen LogP) is 3.97. The van der Waals surface area contributed by atoms with E-state index in [4.69, 9.17) is 9.15 Å². The van der Waals surface area contributed by atoms with Crippen LogP contribution in [0.5, 0.6) is 11.5 Å². The summed E-state index contributed by atoms with van der Waals surface area (Å²) in [5, 5.41) is 3.52. The number of hydrogen-bond acceptors (Lipinski definition) is 6. The number of fused-ring (bicyclic) bond motifs is 3. The Bertz CT molecular complexity index is 1440. The number of pyridine rings is 1. The van der Waals surface area contributed by atoms with Crippen LogP contribution in [-0.4, -0.2) is 20.4 Å². The number of hydrogen-bond donors (Lipinski definition) is 1. The molecule has 0 radical (unpaired) electrons. The van der Waals surface area contributed by atoms with Gasteiger partial charge in [0.05, 0.1) is 6.33 Å². The van der Waals surface area contributed by atoms with Gasteiger partial charge < -0.3 is 14.5 Å². The fraction of sp³-hybridized carbons (Fsp3) is 0.0435. The Labute approximate surface area is 175 Å². The number of nitrogens with zero attached hydrogens (tertiary/aromatic N) is 3. The molecule has 152 valence electrons. The van der Waals surface area contributed by atoms with Crippen LogP contribution in [0.4, 0.5) is 5.69 Å². The van der Waals surface area contributed by atoms with Crippen LogP contribution < -0.4 is 15.6 Å². The van der Waals surface area contributed by atoms with Gasteiger partial charge in [-0.2, -0.15) is 0 Å². The lowest BCUT2D eigenvalue weighted by molar-refractivity contribution is -0.116. The number of nitrogens with one attached hydrogen (secondary N) is 1. The summed E-state index contributed by atoms with van der Waals surface area (Å²) in [6.07, 6.45) is 4.64. The van der Waals surface area contributed by atoms with Crippen LogP contribution in [0.15, 0.2) is 88.6 Å². The van der Waals surface area contributed by atoms with E-state index in [2.05, 4.69) is 15.3 Å². The van der Waals surface area contributed by atoms with Crippen LogP contribution in [0.3, 0.4) is 0 Å². The fourth-order valence-corrected chi connectivity index (χ4v) is 3.23. The lowest BCUT2D eigenvalue weighted by atomic mass is 10.2. The van der Waals surface area contributed by atoms with Gasteiger partial charge in [0, 0.05) is 23.5 Å². The zero-order valence-electron chi connectivity index (χ0n) is 16.2. The molecule has 0 aliphatic heterocycles. The maximum Gasteiger partial charge on any atom is 0.297 e. The van der Waals surface area contributed by atoms with Gasteiger partial charge in [-0.15, -0.1) is 0 Å². The molecular weight excluding hydrogens is 396 g/mol. The van der Waals surface area contributed by atoms with Crippen LogP contribution in [0, 0.1) is 0 Å². The summed E-state index contributed by atoms with van der Waals surface area (Å²) in [7, 11) is 0. The van der Waals surface area contributed by atoms with Crippen molar-refractivity contribution in [1.82, 2.24) is 14.5 Å². The molecule has 8 nitrogen and oxygen atoms in total. The lowest BCUT2D eigenvalue weighted by Gasteiger charge is -2.09.